The smallest absolute Gasteiger partial charge is 0.184 e. The minimum atomic E-state index is -0.400. The van der Waals surface area contributed by atoms with Gasteiger partial charge in [0.05, 0.1) is 18.4 Å². The molecule has 4 rings (SSSR count). The standard InChI is InChI=1S/C26H29N3O3/c1-18-16-27-24(26(31)5-3-4-21-17-32-13-11-25(21)30)15-22(18)14-19-6-8-20(9-7-19)23-10-12-29(2)28-23/h3-4,6-10,12,15-16,21,25,30H,5,11,13-14,17H2,1-2H3/b4-3+/t21-,25-/m0/s1. The number of aliphatic hydroxyl groups is 1. The number of benzene rings is 1. The van der Waals surface area contributed by atoms with Crippen LogP contribution in [0.5, 0.6) is 0 Å². The number of carbonyl (C=O) groups is 1. The van der Waals surface area contributed by atoms with Gasteiger partial charge in [-0.2, -0.15) is 5.10 Å². The Morgan fingerprint density at radius 3 is 2.81 bits per heavy atom. The number of pyridine rings is 1. The number of hydrogen-bond acceptors (Lipinski definition) is 5. The average Bonchev–Trinajstić information content (AvgIpc) is 3.23. The van der Waals surface area contributed by atoms with E-state index in [0.29, 0.717) is 25.3 Å². The fraction of sp³-hybridized carbons (Fsp3) is 0.346. The van der Waals surface area contributed by atoms with E-state index < -0.39 is 6.10 Å². The molecule has 0 radical (unpaired) electrons. The van der Waals surface area contributed by atoms with Gasteiger partial charge >= 0.3 is 0 Å². The second kappa shape index (κ2) is 10.0. The number of allylic oxidation sites excluding steroid dienone is 1. The molecular formula is C26H29N3O3. The van der Waals surface area contributed by atoms with Gasteiger partial charge in [0.1, 0.15) is 5.69 Å². The Kier molecular flexibility index (Phi) is 6.93. The molecule has 0 aliphatic carbocycles. The lowest BCUT2D eigenvalue weighted by molar-refractivity contribution is -0.0177. The molecule has 1 aliphatic heterocycles. The van der Waals surface area contributed by atoms with E-state index in [9.17, 15) is 9.90 Å². The molecule has 1 fully saturated rings. The number of Topliss-reactive ketones (excluding diaryl/α,β-unsaturated/α-hetero) is 1. The van der Waals surface area contributed by atoms with Gasteiger partial charge in [0.25, 0.3) is 0 Å². The molecule has 32 heavy (non-hydrogen) atoms. The molecule has 2 aromatic heterocycles. The maximum absolute atomic E-state index is 12.7. The van der Waals surface area contributed by atoms with Crippen molar-refractivity contribution in [3.63, 3.8) is 0 Å². The van der Waals surface area contributed by atoms with Crippen molar-refractivity contribution >= 4 is 5.78 Å². The largest absolute Gasteiger partial charge is 0.392 e. The molecule has 6 nitrogen and oxygen atoms in total. The molecule has 1 aromatic carbocycles. The van der Waals surface area contributed by atoms with Crippen LogP contribution in [0.2, 0.25) is 0 Å². The van der Waals surface area contributed by atoms with Crippen molar-refractivity contribution in [3.05, 3.63) is 83.3 Å². The van der Waals surface area contributed by atoms with Crippen LogP contribution in [0.15, 0.2) is 60.9 Å². The number of aromatic nitrogens is 3. The molecule has 6 heteroatoms. The van der Waals surface area contributed by atoms with E-state index in [4.69, 9.17) is 4.74 Å². The molecule has 0 spiro atoms. The number of ketones is 1. The molecule has 0 amide bonds. The number of aryl methyl sites for hydroxylation is 2. The molecule has 0 unspecified atom stereocenters. The van der Waals surface area contributed by atoms with Crippen LogP contribution < -0.4 is 0 Å². The van der Waals surface area contributed by atoms with E-state index >= 15 is 0 Å². The highest BCUT2D eigenvalue weighted by Gasteiger charge is 2.21. The van der Waals surface area contributed by atoms with Crippen LogP contribution in [-0.4, -0.2) is 45.0 Å². The Morgan fingerprint density at radius 2 is 2.09 bits per heavy atom. The monoisotopic (exact) mass is 431 g/mol. The van der Waals surface area contributed by atoms with Crippen molar-refractivity contribution in [1.29, 1.82) is 0 Å². The lowest BCUT2D eigenvalue weighted by atomic mass is 9.97. The Morgan fingerprint density at radius 1 is 1.28 bits per heavy atom. The van der Waals surface area contributed by atoms with Crippen molar-refractivity contribution in [2.75, 3.05) is 13.2 Å². The highest BCUT2D eigenvalue weighted by molar-refractivity contribution is 5.95. The first kappa shape index (κ1) is 22.1. The third-order valence-corrected chi connectivity index (χ3v) is 5.91. The van der Waals surface area contributed by atoms with E-state index in [1.807, 2.05) is 44.5 Å². The summed E-state index contributed by atoms with van der Waals surface area (Å²) in [5.74, 6) is -0.0774. The number of nitrogens with zero attached hydrogens (tertiary/aromatic N) is 3. The summed E-state index contributed by atoms with van der Waals surface area (Å²) in [5.41, 5.74) is 5.83. The van der Waals surface area contributed by atoms with Crippen molar-refractivity contribution < 1.29 is 14.6 Å². The molecule has 3 aromatic rings. The van der Waals surface area contributed by atoms with Gasteiger partial charge in [-0.05, 0) is 48.6 Å². The zero-order chi connectivity index (χ0) is 22.5. The Bertz CT molecular complexity index is 1100. The van der Waals surface area contributed by atoms with E-state index in [1.54, 1.807) is 10.9 Å². The van der Waals surface area contributed by atoms with Gasteiger partial charge in [-0.1, -0.05) is 36.4 Å². The van der Waals surface area contributed by atoms with Gasteiger partial charge in [0, 0.05) is 44.0 Å². The Hall–Kier alpha value is -3.09. The molecule has 2 atom stereocenters. The van der Waals surface area contributed by atoms with Crippen LogP contribution in [0.1, 0.15) is 40.0 Å². The molecule has 1 aliphatic rings. The second-order valence-corrected chi connectivity index (χ2v) is 8.39. The minimum absolute atomic E-state index is 0.0285. The Balaban J connectivity index is 1.41. The fourth-order valence-electron chi connectivity index (χ4n) is 3.88. The number of ether oxygens (including phenoxy) is 1. The number of hydrogen-bond donors (Lipinski definition) is 1. The quantitative estimate of drug-likeness (QED) is 0.453. The van der Waals surface area contributed by atoms with Gasteiger partial charge in [0.2, 0.25) is 0 Å². The van der Waals surface area contributed by atoms with Crippen molar-refractivity contribution in [2.45, 2.75) is 32.3 Å². The van der Waals surface area contributed by atoms with Crippen molar-refractivity contribution in [2.24, 2.45) is 13.0 Å². The SMILES string of the molecule is Cc1cnc(C(=O)C/C=C/[C@H]2COCC[C@@H]2O)cc1Cc1ccc(-c2ccn(C)n2)cc1. The van der Waals surface area contributed by atoms with Crippen molar-refractivity contribution in [1.82, 2.24) is 14.8 Å². The summed E-state index contributed by atoms with van der Waals surface area (Å²) in [5, 5.41) is 14.5. The lowest BCUT2D eigenvalue weighted by Gasteiger charge is -2.24. The molecule has 0 bridgehead atoms. The second-order valence-electron chi connectivity index (χ2n) is 8.39. The third kappa shape index (κ3) is 5.39. The maximum Gasteiger partial charge on any atom is 0.184 e. The van der Waals surface area contributed by atoms with Crippen LogP contribution >= 0.6 is 0 Å². The summed E-state index contributed by atoms with van der Waals surface area (Å²) in [7, 11) is 1.91. The predicted molar refractivity (Wildman–Crippen MR) is 123 cm³/mol. The Labute approximate surface area is 188 Å². The zero-order valence-corrected chi connectivity index (χ0v) is 18.6. The molecule has 0 saturated carbocycles. The highest BCUT2D eigenvalue weighted by Crippen LogP contribution is 2.21. The van der Waals surface area contributed by atoms with Crippen LogP contribution in [0.4, 0.5) is 0 Å². The number of carbonyl (C=O) groups excluding carboxylic acids is 1. The predicted octanol–water partition coefficient (Wildman–Crippen LogP) is 3.91. The van der Waals surface area contributed by atoms with Gasteiger partial charge < -0.3 is 9.84 Å². The van der Waals surface area contributed by atoms with E-state index in [0.717, 1.165) is 28.8 Å². The first-order valence-electron chi connectivity index (χ1n) is 11.0. The maximum atomic E-state index is 12.7. The third-order valence-electron chi connectivity index (χ3n) is 5.91. The van der Waals surface area contributed by atoms with Crippen molar-refractivity contribution in [3.8, 4) is 11.3 Å². The molecule has 1 saturated heterocycles. The number of aliphatic hydroxyl groups excluding tert-OH is 1. The fourth-order valence-corrected chi connectivity index (χ4v) is 3.88. The van der Waals surface area contributed by atoms with Crippen LogP contribution in [-0.2, 0) is 18.2 Å². The van der Waals surface area contributed by atoms with Crippen LogP contribution in [0, 0.1) is 12.8 Å². The molecular weight excluding hydrogens is 402 g/mol. The molecule has 166 valence electrons. The molecule has 1 N–H and O–H groups in total. The van der Waals surface area contributed by atoms with E-state index in [1.165, 1.54) is 5.56 Å². The highest BCUT2D eigenvalue weighted by atomic mass is 16.5. The van der Waals surface area contributed by atoms with E-state index in [-0.39, 0.29) is 18.1 Å². The summed E-state index contributed by atoms with van der Waals surface area (Å²) in [6.45, 7) is 3.10. The summed E-state index contributed by atoms with van der Waals surface area (Å²) in [6.07, 6.45) is 8.64. The van der Waals surface area contributed by atoms with Gasteiger partial charge in [0.15, 0.2) is 5.78 Å². The zero-order valence-electron chi connectivity index (χ0n) is 18.6. The number of rotatable bonds is 7. The average molecular weight is 432 g/mol. The normalized spacial score (nSPS) is 18.8. The van der Waals surface area contributed by atoms with Gasteiger partial charge in [-0.3, -0.25) is 14.5 Å². The minimum Gasteiger partial charge on any atom is -0.392 e. The summed E-state index contributed by atoms with van der Waals surface area (Å²) in [4.78, 5) is 17.0. The lowest BCUT2D eigenvalue weighted by Crippen LogP contribution is -2.30. The van der Waals surface area contributed by atoms with Crippen LogP contribution in [0.25, 0.3) is 11.3 Å². The summed E-state index contributed by atoms with van der Waals surface area (Å²) >= 11 is 0. The summed E-state index contributed by atoms with van der Waals surface area (Å²) in [6, 6.07) is 12.3. The first-order chi connectivity index (χ1) is 15.5. The topological polar surface area (TPSA) is 77.2 Å². The summed E-state index contributed by atoms with van der Waals surface area (Å²) < 4.78 is 7.19. The van der Waals surface area contributed by atoms with Gasteiger partial charge in [-0.15, -0.1) is 0 Å². The van der Waals surface area contributed by atoms with Gasteiger partial charge in [-0.25, -0.2) is 0 Å². The van der Waals surface area contributed by atoms with Crippen LogP contribution in [0.3, 0.4) is 0 Å². The first-order valence-corrected chi connectivity index (χ1v) is 11.0. The molecule has 3 heterocycles. The van der Waals surface area contributed by atoms with E-state index in [2.05, 4.69) is 34.3 Å².